The Morgan fingerprint density at radius 3 is 3.05 bits per heavy atom. The van der Waals surface area contributed by atoms with Crippen LogP contribution in [0.3, 0.4) is 0 Å². The fourth-order valence-corrected chi connectivity index (χ4v) is 2.58. The summed E-state index contributed by atoms with van der Waals surface area (Å²) in [6.45, 7) is 1.76. The average Bonchev–Trinajstić information content (AvgIpc) is 3.11. The third-order valence-corrected chi connectivity index (χ3v) is 3.66. The van der Waals surface area contributed by atoms with Crippen molar-refractivity contribution >= 4 is 11.6 Å². The maximum atomic E-state index is 13.1. The van der Waals surface area contributed by atoms with Crippen LogP contribution >= 0.6 is 11.6 Å². The van der Waals surface area contributed by atoms with E-state index in [1.54, 1.807) is 6.20 Å². The lowest BCUT2D eigenvalue weighted by Gasteiger charge is -2.22. The average molecular weight is 297 g/mol. The Hall–Kier alpha value is -1.59. The van der Waals surface area contributed by atoms with E-state index < -0.39 is 5.82 Å². The number of nitrogens with zero attached hydrogens (tertiary/aromatic N) is 1. The lowest BCUT2D eigenvalue weighted by molar-refractivity contribution is 0.114. The standard InChI is InChI=1S/C14H14ClFN2O2/c15-11-7-10(16)1-2-12(11)20-13(9-3-4-17-8-9)14-18-5-6-19-14/h1-2,5-7,9,13,17H,3-4,8H2/t9-,13?/m0/s1. The van der Waals surface area contributed by atoms with Crippen LogP contribution in [0.15, 0.2) is 35.1 Å². The fraction of sp³-hybridized carbons (Fsp3) is 0.357. The SMILES string of the molecule is Fc1ccc(OC(c2ncco2)[C@H]2CCNC2)c(Cl)c1. The van der Waals surface area contributed by atoms with Crippen LogP contribution in [0.1, 0.15) is 18.4 Å². The molecule has 0 saturated carbocycles. The number of rotatable bonds is 4. The van der Waals surface area contributed by atoms with Gasteiger partial charge in [0.2, 0.25) is 5.89 Å². The number of aromatic nitrogens is 1. The third kappa shape index (κ3) is 2.78. The van der Waals surface area contributed by atoms with Gasteiger partial charge in [-0.25, -0.2) is 9.37 Å². The summed E-state index contributed by atoms with van der Waals surface area (Å²) in [5.41, 5.74) is 0. The molecule has 0 aliphatic carbocycles. The van der Waals surface area contributed by atoms with Gasteiger partial charge in [-0.2, -0.15) is 0 Å². The summed E-state index contributed by atoms with van der Waals surface area (Å²) < 4.78 is 24.4. The van der Waals surface area contributed by atoms with Gasteiger partial charge in [0.05, 0.1) is 11.2 Å². The van der Waals surface area contributed by atoms with Crippen molar-refractivity contribution in [3.8, 4) is 5.75 Å². The third-order valence-electron chi connectivity index (χ3n) is 3.37. The van der Waals surface area contributed by atoms with Crippen molar-refractivity contribution < 1.29 is 13.5 Å². The molecule has 0 bridgehead atoms. The minimum absolute atomic E-state index is 0.243. The lowest BCUT2D eigenvalue weighted by atomic mass is 10.0. The molecule has 2 aromatic rings. The number of halogens is 2. The summed E-state index contributed by atoms with van der Waals surface area (Å²) >= 11 is 6.01. The van der Waals surface area contributed by atoms with Gasteiger partial charge in [0, 0.05) is 12.5 Å². The molecular formula is C14H14ClFN2O2. The number of nitrogens with one attached hydrogen (secondary N) is 1. The molecule has 1 saturated heterocycles. The molecule has 1 aromatic heterocycles. The second-order valence-electron chi connectivity index (χ2n) is 4.74. The number of benzene rings is 1. The molecule has 4 nitrogen and oxygen atoms in total. The highest BCUT2D eigenvalue weighted by Crippen LogP contribution is 2.34. The molecule has 1 unspecified atom stereocenters. The Morgan fingerprint density at radius 1 is 1.50 bits per heavy atom. The largest absolute Gasteiger partial charge is 0.479 e. The van der Waals surface area contributed by atoms with Crippen molar-refractivity contribution in [3.63, 3.8) is 0 Å². The molecule has 0 spiro atoms. The van der Waals surface area contributed by atoms with Crippen molar-refractivity contribution in [1.29, 1.82) is 0 Å². The van der Waals surface area contributed by atoms with Crippen molar-refractivity contribution in [3.05, 3.63) is 47.4 Å². The predicted molar refractivity (Wildman–Crippen MR) is 72.3 cm³/mol. The highest BCUT2D eigenvalue weighted by molar-refractivity contribution is 6.32. The minimum atomic E-state index is -0.391. The molecular weight excluding hydrogens is 283 g/mol. The molecule has 1 N–H and O–H groups in total. The van der Waals surface area contributed by atoms with E-state index in [1.807, 2.05) is 0 Å². The first-order valence-electron chi connectivity index (χ1n) is 6.46. The predicted octanol–water partition coefficient (Wildman–Crippen LogP) is 3.20. The van der Waals surface area contributed by atoms with E-state index in [0.717, 1.165) is 19.5 Å². The topological polar surface area (TPSA) is 47.3 Å². The maximum absolute atomic E-state index is 13.1. The van der Waals surface area contributed by atoms with Crippen molar-refractivity contribution in [1.82, 2.24) is 10.3 Å². The van der Waals surface area contributed by atoms with Crippen LogP contribution in [0, 0.1) is 11.7 Å². The van der Waals surface area contributed by atoms with Gasteiger partial charge in [-0.1, -0.05) is 11.6 Å². The molecule has 1 aliphatic rings. The number of oxazole rings is 1. The molecule has 0 amide bonds. The van der Waals surface area contributed by atoms with E-state index in [1.165, 1.54) is 24.5 Å². The smallest absolute Gasteiger partial charge is 0.235 e. The van der Waals surface area contributed by atoms with Crippen molar-refractivity contribution in [2.45, 2.75) is 12.5 Å². The van der Waals surface area contributed by atoms with Gasteiger partial charge in [-0.15, -0.1) is 0 Å². The van der Waals surface area contributed by atoms with Crippen LogP contribution in [0.5, 0.6) is 5.75 Å². The van der Waals surface area contributed by atoms with Crippen LogP contribution in [-0.2, 0) is 0 Å². The molecule has 1 aliphatic heterocycles. The first kappa shape index (κ1) is 13.4. The van der Waals surface area contributed by atoms with Crippen LogP contribution in [0.4, 0.5) is 4.39 Å². The minimum Gasteiger partial charge on any atom is -0.479 e. The van der Waals surface area contributed by atoms with Gasteiger partial charge in [0.15, 0.2) is 6.10 Å². The van der Waals surface area contributed by atoms with Crippen molar-refractivity contribution in [2.24, 2.45) is 5.92 Å². The molecule has 2 atom stereocenters. The fourth-order valence-electron chi connectivity index (χ4n) is 2.37. The normalized spacial score (nSPS) is 20.0. The zero-order chi connectivity index (χ0) is 13.9. The molecule has 3 rings (SSSR count). The van der Waals surface area contributed by atoms with Gasteiger partial charge in [-0.05, 0) is 31.2 Å². The summed E-state index contributed by atoms with van der Waals surface area (Å²) in [6, 6.07) is 4.08. The summed E-state index contributed by atoms with van der Waals surface area (Å²) in [5, 5.41) is 3.52. The zero-order valence-electron chi connectivity index (χ0n) is 10.7. The molecule has 20 heavy (non-hydrogen) atoms. The van der Waals surface area contributed by atoms with Gasteiger partial charge in [-0.3, -0.25) is 0 Å². The Balaban J connectivity index is 1.86. The van der Waals surface area contributed by atoms with Crippen molar-refractivity contribution in [2.75, 3.05) is 13.1 Å². The first-order chi connectivity index (χ1) is 9.74. The van der Waals surface area contributed by atoms with Gasteiger partial charge < -0.3 is 14.5 Å². The molecule has 1 fully saturated rings. The molecule has 106 valence electrons. The number of ether oxygens (including phenoxy) is 1. The van der Waals surface area contributed by atoms with E-state index in [9.17, 15) is 4.39 Å². The summed E-state index contributed by atoms with van der Waals surface area (Å²) in [4.78, 5) is 4.17. The second kappa shape index (κ2) is 5.81. The van der Waals surface area contributed by atoms with E-state index in [2.05, 4.69) is 10.3 Å². The maximum Gasteiger partial charge on any atom is 0.235 e. The highest BCUT2D eigenvalue weighted by atomic mass is 35.5. The molecule has 0 radical (unpaired) electrons. The first-order valence-corrected chi connectivity index (χ1v) is 6.83. The Kier molecular flexibility index (Phi) is 3.89. The Bertz CT molecular complexity index is 571. The Labute approximate surface area is 120 Å². The van der Waals surface area contributed by atoms with Gasteiger partial charge in [0.25, 0.3) is 0 Å². The van der Waals surface area contributed by atoms with Gasteiger partial charge in [0.1, 0.15) is 17.8 Å². The Morgan fingerprint density at radius 2 is 2.40 bits per heavy atom. The lowest BCUT2D eigenvalue weighted by Crippen LogP contribution is -2.21. The number of hydrogen-bond acceptors (Lipinski definition) is 4. The zero-order valence-corrected chi connectivity index (χ0v) is 11.4. The molecule has 2 heterocycles. The summed E-state index contributed by atoms with van der Waals surface area (Å²) in [7, 11) is 0. The van der Waals surface area contributed by atoms with E-state index in [0.29, 0.717) is 11.6 Å². The molecule has 1 aromatic carbocycles. The number of hydrogen-bond donors (Lipinski definition) is 1. The summed E-state index contributed by atoms with van der Waals surface area (Å²) in [6.07, 6.45) is 3.73. The van der Waals surface area contributed by atoms with Crippen LogP contribution in [-0.4, -0.2) is 18.1 Å². The second-order valence-corrected chi connectivity index (χ2v) is 5.14. The highest BCUT2D eigenvalue weighted by Gasteiger charge is 2.31. The quantitative estimate of drug-likeness (QED) is 0.941. The van der Waals surface area contributed by atoms with E-state index in [4.69, 9.17) is 20.8 Å². The molecule has 6 heteroatoms. The summed E-state index contributed by atoms with van der Waals surface area (Å²) in [5.74, 6) is 0.801. The van der Waals surface area contributed by atoms with Gasteiger partial charge >= 0.3 is 0 Å². The van der Waals surface area contributed by atoms with E-state index in [-0.39, 0.29) is 17.0 Å². The van der Waals surface area contributed by atoms with Crippen LogP contribution in [0.25, 0.3) is 0 Å². The van der Waals surface area contributed by atoms with E-state index >= 15 is 0 Å². The van der Waals surface area contributed by atoms with Crippen LogP contribution < -0.4 is 10.1 Å². The monoisotopic (exact) mass is 296 g/mol. The van der Waals surface area contributed by atoms with Crippen LogP contribution in [0.2, 0.25) is 5.02 Å².